The van der Waals surface area contributed by atoms with Crippen LogP contribution in [0.2, 0.25) is 5.02 Å². The maximum absolute atomic E-state index is 11.9. The maximum Gasteiger partial charge on any atom is 0.269 e. The second-order valence-corrected chi connectivity index (χ2v) is 5.58. The summed E-state index contributed by atoms with van der Waals surface area (Å²) in [4.78, 5) is 23.8. The third-order valence-electron chi connectivity index (χ3n) is 2.92. The van der Waals surface area contributed by atoms with Gasteiger partial charge in [-0.1, -0.05) is 35.4 Å². The molecule has 2 aromatic carbocycles. The Morgan fingerprint density at radius 3 is 2.30 bits per heavy atom. The van der Waals surface area contributed by atoms with E-state index in [-0.39, 0.29) is 11.0 Å². The van der Waals surface area contributed by atoms with Gasteiger partial charge >= 0.3 is 0 Å². The predicted octanol–water partition coefficient (Wildman–Crippen LogP) is 2.60. The van der Waals surface area contributed by atoms with Gasteiger partial charge in [-0.3, -0.25) is 25.8 Å². The lowest BCUT2D eigenvalue weighted by atomic mass is 10.1. The molecule has 0 unspecified atom stereocenters. The van der Waals surface area contributed by atoms with Gasteiger partial charge in [0.25, 0.3) is 11.8 Å². The molecule has 0 aromatic heterocycles. The van der Waals surface area contributed by atoms with Crippen molar-refractivity contribution in [1.82, 2.24) is 16.2 Å². The molecule has 0 fully saturated rings. The smallest absolute Gasteiger partial charge is 0.269 e. The summed E-state index contributed by atoms with van der Waals surface area (Å²) in [5, 5.41) is 2.88. The van der Waals surface area contributed by atoms with Crippen LogP contribution in [-0.2, 0) is 0 Å². The highest BCUT2D eigenvalue weighted by Crippen LogP contribution is 2.10. The SMILES string of the molecule is Cc1ccc(C(=O)NNC(=S)NC(=O)c2cccc(Cl)c2)cc1. The van der Waals surface area contributed by atoms with Crippen LogP contribution in [-0.4, -0.2) is 16.9 Å². The van der Waals surface area contributed by atoms with E-state index < -0.39 is 5.91 Å². The molecule has 0 bridgehead atoms. The number of carbonyl (C=O) groups excluding carboxylic acids is 2. The third-order valence-corrected chi connectivity index (χ3v) is 3.36. The lowest BCUT2D eigenvalue weighted by Gasteiger charge is -2.11. The van der Waals surface area contributed by atoms with E-state index in [9.17, 15) is 9.59 Å². The van der Waals surface area contributed by atoms with Gasteiger partial charge in [-0.15, -0.1) is 0 Å². The van der Waals surface area contributed by atoms with Crippen molar-refractivity contribution in [2.75, 3.05) is 0 Å². The standard InChI is InChI=1S/C16H14ClN3O2S/c1-10-5-7-11(8-6-10)15(22)19-20-16(23)18-14(21)12-3-2-4-13(17)9-12/h2-9H,1H3,(H,19,22)(H2,18,20,21,23). The van der Waals surface area contributed by atoms with Gasteiger partial charge in [-0.2, -0.15) is 0 Å². The Kier molecular flexibility index (Phi) is 5.67. The van der Waals surface area contributed by atoms with Crippen LogP contribution in [0.15, 0.2) is 48.5 Å². The number of hydrogen-bond donors (Lipinski definition) is 3. The van der Waals surface area contributed by atoms with Crippen LogP contribution in [0.4, 0.5) is 0 Å². The van der Waals surface area contributed by atoms with Crippen LogP contribution >= 0.6 is 23.8 Å². The first-order chi connectivity index (χ1) is 11.0. The summed E-state index contributed by atoms with van der Waals surface area (Å²) in [6, 6.07) is 13.5. The van der Waals surface area contributed by atoms with Crippen molar-refractivity contribution in [1.29, 1.82) is 0 Å². The number of benzene rings is 2. The summed E-state index contributed by atoms with van der Waals surface area (Å²) in [6.07, 6.45) is 0. The molecule has 0 saturated carbocycles. The van der Waals surface area contributed by atoms with Crippen LogP contribution in [0, 0.1) is 6.92 Å². The zero-order valence-corrected chi connectivity index (χ0v) is 13.8. The number of aryl methyl sites for hydroxylation is 1. The van der Waals surface area contributed by atoms with Crippen LogP contribution in [0.25, 0.3) is 0 Å². The Morgan fingerprint density at radius 1 is 0.957 bits per heavy atom. The monoisotopic (exact) mass is 347 g/mol. The molecule has 2 aromatic rings. The summed E-state index contributed by atoms with van der Waals surface area (Å²) in [5.74, 6) is -0.779. The van der Waals surface area contributed by atoms with Crippen LogP contribution in [0.5, 0.6) is 0 Å². The molecule has 0 aliphatic heterocycles. The molecule has 0 atom stereocenters. The lowest BCUT2D eigenvalue weighted by Crippen LogP contribution is -2.48. The van der Waals surface area contributed by atoms with E-state index in [0.29, 0.717) is 16.1 Å². The highest BCUT2D eigenvalue weighted by molar-refractivity contribution is 7.80. The van der Waals surface area contributed by atoms with Crippen molar-refractivity contribution in [3.8, 4) is 0 Å². The minimum atomic E-state index is -0.422. The molecule has 7 heteroatoms. The molecule has 23 heavy (non-hydrogen) atoms. The number of rotatable bonds is 2. The second kappa shape index (κ2) is 7.71. The van der Waals surface area contributed by atoms with Gasteiger partial charge in [-0.05, 0) is 49.5 Å². The van der Waals surface area contributed by atoms with Gasteiger partial charge in [0.05, 0.1) is 0 Å². The fraction of sp³-hybridized carbons (Fsp3) is 0.0625. The first-order valence-electron chi connectivity index (χ1n) is 6.69. The molecule has 5 nitrogen and oxygen atoms in total. The lowest BCUT2D eigenvalue weighted by molar-refractivity contribution is 0.0934. The molecule has 0 radical (unpaired) electrons. The third kappa shape index (κ3) is 5.05. The molecular formula is C16H14ClN3O2S. The first kappa shape index (κ1) is 16.9. The summed E-state index contributed by atoms with van der Waals surface area (Å²) >= 11 is 10.8. The van der Waals surface area contributed by atoms with E-state index in [1.165, 1.54) is 6.07 Å². The van der Waals surface area contributed by atoms with Gasteiger partial charge in [0.2, 0.25) is 0 Å². The summed E-state index contributed by atoms with van der Waals surface area (Å²) in [6.45, 7) is 1.93. The van der Waals surface area contributed by atoms with Crippen molar-refractivity contribution in [2.24, 2.45) is 0 Å². The van der Waals surface area contributed by atoms with Crippen molar-refractivity contribution < 1.29 is 9.59 Å². The van der Waals surface area contributed by atoms with Crippen LogP contribution in [0.3, 0.4) is 0 Å². The molecule has 3 N–H and O–H groups in total. The molecule has 0 heterocycles. The Morgan fingerprint density at radius 2 is 1.65 bits per heavy atom. The topological polar surface area (TPSA) is 70.2 Å². The quantitative estimate of drug-likeness (QED) is 0.577. The average molecular weight is 348 g/mol. The van der Waals surface area contributed by atoms with Gasteiger partial charge in [0.1, 0.15) is 0 Å². The molecule has 0 aliphatic rings. The Balaban J connectivity index is 1.86. The molecular weight excluding hydrogens is 334 g/mol. The molecule has 118 valence electrons. The van der Waals surface area contributed by atoms with E-state index in [4.69, 9.17) is 23.8 Å². The highest BCUT2D eigenvalue weighted by Gasteiger charge is 2.09. The zero-order valence-electron chi connectivity index (χ0n) is 12.2. The Labute approximate surface area is 144 Å². The fourth-order valence-corrected chi connectivity index (χ4v) is 2.06. The predicted molar refractivity (Wildman–Crippen MR) is 93.3 cm³/mol. The van der Waals surface area contributed by atoms with Gasteiger partial charge in [0, 0.05) is 16.1 Å². The Bertz CT molecular complexity index is 747. The molecule has 0 spiro atoms. The van der Waals surface area contributed by atoms with E-state index in [2.05, 4.69) is 16.2 Å². The number of amides is 2. The van der Waals surface area contributed by atoms with E-state index in [0.717, 1.165) is 5.56 Å². The zero-order chi connectivity index (χ0) is 16.8. The van der Waals surface area contributed by atoms with Crippen molar-refractivity contribution in [3.63, 3.8) is 0 Å². The number of hydrogen-bond acceptors (Lipinski definition) is 3. The molecule has 0 saturated heterocycles. The van der Waals surface area contributed by atoms with E-state index in [1.54, 1.807) is 30.3 Å². The van der Waals surface area contributed by atoms with Crippen LogP contribution < -0.4 is 16.2 Å². The van der Waals surface area contributed by atoms with Gasteiger partial charge in [0.15, 0.2) is 5.11 Å². The van der Waals surface area contributed by atoms with Gasteiger partial charge in [-0.25, -0.2) is 0 Å². The summed E-state index contributed by atoms with van der Waals surface area (Å²) < 4.78 is 0. The largest absolute Gasteiger partial charge is 0.298 e. The number of halogens is 1. The van der Waals surface area contributed by atoms with Crippen LogP contribution in [0.1, 0.15) is 26.3 Å². The Hall–Kier alpha value is -2.44. The number of hydrazine groups is 1. The average Bonchev–Trinajstić information content (AvgIpc) is 2.53. The molecule has 2 amide bonds. The second-order valence-electron chi connectivity index (χ2n) is 4.74. The maximum atomic E-state index is 11.9. The minimum Gasteiger partial charge on any atom is -0.298 e. The van der Waals surface area contributed by atoms with E-state index >= 15 is 0 Å². The highest BCUT2D eigenvalue weighted by atomic mass is 35.5. The van der Waals surface area contributed by atoms with Crippen molar-refractivity contribution in [2.45, 2.75) is 6.92 Å². The van der Waals surface area contributed by atoms with Crippen molar-refractivity contribution >= 4 is 40.7 Å². The number of nitrogens with one attached hydrogen (secondary N) is 3. The number of carbonyl (C=O) groups is 2. The van der Waals surface area contributed by atoms with E-state index in [1.807, 2.05) is 19.1 Å². The normalized spacial score (nSPS) is 9.83. The minimum absolute atomic E-state index is 0.0181. The molecule has 2 rings (SSSR count). The molecule has 0 aliphatic carbocycles. The van der Waals surface area contributed by atoms with Gasteiger partial charge < -0.3 is 0 Å². The summed E-state index contributed by atoms with van der Waals surface area (Å²) in [5.41, 5.74) is 6.79. The fourth-order valence-electron chi connectivity index (χ4n) is 1.73. The number of thiocarbonyl (C=S) groups is 1. The first-order valence-corrected chi connectivity index (χ1v) is 7.48. The van der Waals surface area contributed by atoms with Crippen molar-refractivity contribution in [3.05, 3.63) is 70.2 Å². The summed E-state index contributed by atoms with van der Waals surface area (Å²) in [7, 11) is 0.